The standard InChI is InChI=1S/C15H26N4/c1-5-6-13-17-14(16-4)10-15(18-13)19-8-7-11(2)9-12(19)3/h10-12H,5-9H2,1-4H3,(H,16,17,18). The van der Waals surface area contributed by atoms with Gasteiger partial charge in [-0.15, -0.1) is 0 Å². The number of nitrogens with one attached hydrogen (secondary N) is 1. The molecule has 0 spiro atoms. The van der Waals surface area contributed by atoms with Gasteiger partial charge >= 0.3 is 0 Å². The van der Waals surface area contributed by atoms with Crippen molar-refractivity contribution in [1.29, 1.82) is 0 Å². The van der Waals surface area contributed by atoms with E-state index in [4.69, 9.17) is 4.98 Å². The van der Waals surface area contributed by atoms with Gasteiger partial charge in [0.2, 0.25) is 0 Å². The van der Waals surface area contributed by atoms with E-state index in [2.05, 4.69) is 42.0 Å². The van der Waals surface area contributed by atoms with E-state index in [9.17, 15) is 0 Å². The fourth-order valence-electron chi connectivity index (χ4n) is 2.84. The average molecular weight is 262 g/mol. The maximum atomic E-state index is 4.75. The average Bonchev–Trinajstić information content (AvgIpc) is 2.38. The number of anilines is 2. The Kier molecular flexibility index (Phi) is 4.61. The highest BCUT2D eigenvalue weighted by Crippen LogP contribution is 2.27. The summed E-state index contributed by atoms with van der Waals surface area (Å²) in [7, 11) is 1.92. The summed E-state index contributed by atoms with van der Waals surface area (Å²) in [6.45, 7) is 7.92. The number of hydrogen-bond acceptors (Lipinski definition) is 4. The SMILES string of the molecule is CCCc1nc(NC)cc(N2CCC(C)CC2C)n1. The van der Waals surface area contributed by atoms with Crippen molar-refractivity contribution in [3.05, 3.63) is 11.9 Å². The highest BCUT2D eigenvalue weighted by molar-refractivity contribution is 5.50. The van der Waals surface area contributed by atoms with E-state index in [1.54, 1.807) is 0 Å². The fourth-order valence-corrected chi connectivity index (χ4v) is 2.84. The lowest BCUT2D eigenvalue weighted by Crippen LogP contribution is -2.40. The first-order valence-electron chi connectivity index (χ1n) is 7.46. The van der Waals surface area contributed by atoms with Gasteiger partial charge in [0.05, 0.1) is 0 Å². The molecule has 106 valence electrons. The molecule has 2 rings (SSSR count). The van der Waals surface area contributed by atoms with Crippen LogP contribution in [-0.4, -0.2) is 29.6 Å². The lowest BCUT2D eigenvalue weighted by Gasteiger charge is -2.37. The number of aryl methyl sites for hydroxylation is 1. The van der Waals surface area contributed by atoms with Gasteiger partial charge in [0.25, 0.3) is 0 Å². The van der Waals surface area contributed by atoms with Crippen LogP contribution in [0, 0.1) is 5.92 Å². The Morgan fingerprint density at radius 2 is 2.16 bits per heavy atom. The number of nitrogens with zero attached hydrogens (tertiary/aromatic N) is 3. The Hall–Kier alpha value is -1.32. The molecule has 2 heterocycles. The van der Waals surface area contributed by atoms with Crippen molar-refractivity contribution in [2.45, 2.75) is 52.5 Å². The molecule has 0 bridgehead atoms. The molecule has 1 aromatic rings. The van der Waals surface area contributed by atoms with Crippen LogP contribution in [0.5, 0.6) is 0 Å². The Labute approximate surface area is 116 Å². The lowest BCUT2D eigenvalue weighted by atomic mass is 9.93. The van der Waals surface area contributed by atoms with Crippen LogP contribution in [0.15, 0.2) is 6.07 Å². The second-order valence-electron chi connectivity index (χ2n) is 5.70. The normalized spacial score (nSPS) is 23.5. The number of aromatic nitrogens is 2. The molecule has 0 amide bonds. The third kappa shape index (κ3) is 3.37. The highest BCUT2D eigenvalue weighted by atomic mass is 15.2. The molecular formula is C15H26N4. The lowest BCUT2D eigenvalue weighted by molar-refractivity contribution is 0.375. The molecule has 0 radical (unpaired) electrons. The molecule has 2 unspecified atom stereocenters. The molecule has 1 aliphatic heterocycles. The molecule has 1 aliphatic rings. The zero-order valence-electron chi connectivity index (χ0n) is 12.6. The van der Waals surface area contributed by atoms with Gasteiger partial charge in [-0.25, -0.2) is 9.97 Å². The Morgan fingerprint density at radius 3 is 2.79 bits per heavy atom. The minimum absolute atomic E-state index is 0.567. The van der Waals surface area contributed by atoms with Crippen molar-refractivity contribution in [1.82, 2.24) is 9.97 Å². The smallest absolute Gasteiger partial charge is 0.134 e. The molecule has 4 nitrogen and oxygen atoms in total. The molecule has 1 saturated heterocycles. The fraction of sp³-hybridized carbons (Fsp3) is 0.733. The van der Waals surface area contributed by atoms with Gasteiger partial charge in [0.15, 0.2) is 0 Å². The largest absolute Gasteiger partial charge is 0.373 e. The molecule has 0 aromatic carbocycles. The van der Waals surface area contributed by atoms with Gasteiger partial charge in [-0.3, -0.25) is 0 Å². The quantitative estimate of drug-likeness (QED) is 0.905. The van der Waals surface area contributed by atoms with Crippen LogP contribution in [-0.2, 0) is 6.42 Å². The second-order valence-corrected chi connectivity index (χ2v) is 5.70. The Morgan fingerprint density at radius 1 is 1.37 bits per heavy atom. The van der Waals surface area contributed by atoms with Gasteiger partial charge in [0, 0.05) is 32.1 Å². The van der Waals surface area contributed by atoms with Gasteiger partial charge in [-0.05, 0) is 32.1 Å². The van der Waals surface area contributed by atoms with Crippen molar-refractivity contribution in [2.75, 3.05) is 23.8 Å². The van der Waals surface area contributed by atoms with E-state index in [1.165, 1.54) is 12.8 Å². The summed E-state index contributed by atoms with van der Waals surface area (Å²) in [6, 6.07) is 2.64. The Balaban J connectivity index is 2.25. The number of rotatable bonds is 4. The summed E-state index contributed by atoms with van der Waals surface area (Å²) in [4.78, 5) is 11.7. The molecule has 0 aliphatic carbocycles. The van der Waals surface area contributed by atoms with Gasteiger partial charge in [-0.2, -0.15) is 0 Å². The zero-order chi connectivity index (χ0) is 13.8. The van der Waals surface area contributed by atoms with E-state index >= 15 is 0 Å². The molecule has 1 N–H and O–H groups in total. The van der Waals surface area contributed by atoms with Crippen LogP contribution in [0.2, 0.25) is 0 Å². The summed E-state index contributed by atoms with van der Waals surface area (Å²) in [5.41, 5.74) is 0. The van der Waals surface area contributed by atoms with Crippen LogP contribution in [0.4, 0.5) is 11.6 Å². The minimum atomic E-state index is 0.567. The predicted octanol–water partition coefficient (Wildman–Crippen LogP) is 3.10. The van der Waals surface area contributed by atoms with Crippen LogP contribution in [0.1, 0.15) is 45.9 Å². The molecule has 19 heavy (non-hydrogen) atoms. The van der Waals surface area contributed by atoms with E-state index in [0.29, 0.717) is 6.04 Å². The summed E-state index contributed by atoms with van der Waals surface area (Å²) in [5, 5.41) is 3.15. The van der Waals surface area contributed by atoms with Crippen molar-refractivity contribution in [3.63, 3.8) is 0 Å². The van der Waals surface area contributed by atoms with E-state index in [0.717, 1.165) is 42.8 Å². The molecule has 2 atom stereocenters. The maximum absolute atomic E-state index is 4.75. The molecule has 0 saturated carbocycles. The molecule has 1 fully saturated rings. The third-order valence-corrected chi connectivity index (χ3v) is 3.92. The van der Waals surface area contributed by atoms with Crippen molar-refractivity contribution >= 4 is 11.6 Å². The van der Waals surface area contributed by atoms with Crippen molar-refractivity contribution in [2.24, 2.45) is 5.92 Å². The minimum Gasteiger partial charge on any atom is -0.373 e. The van der Waals surface area contributed by atoms with Crippen LogP contribution < -0.4 is 10.2 Å². The zero-order valence-corrected chi connectivity index (χ0v) is 12.6. The second kappa shape index (κ2) is 6.22. The maximum Gasteiger partial charge on any atom is 0.134 e. The van der Waals surface area contributed by atoms with Crippen LogP contribution in [0.3, 0.4) is 0 Å². The van der Waals surface area contributed by atoms with Gasteiger partial charge in [0.1, 0.15) is 17.5 Å². The molecule has 4 heteroatoms. The van der Waals surface area contributed by atoms with Gasteiger partial charge < -0.3 is 10.2 Å². The first-order valence-corrected chi connectivity index (χ1v) is 7.46. The predicted molar refractivity (Wildman–Crippen MR) is 80.8 cm³/mol. The van der Waals surface area contributed by atoms with Crippen molar-refractivity contribution in [3.8, 4) is 0 Å². The summed E-state index contributed by atoms with van der Waals surface area (Å²) in [5.74, 6) is 3.80. The first kappa shape index (κ1) is 14.1. The van der Waals surface area contributed by atoms with E-state index in [1.807, 2.05) is 7.05 Å². The summed E-state index contributed by atoms with van der Waals surface area (Å²) in [6.07, 6.45) is 4.54. The molecular weight excluding hydrogens is 236 g/mol. The highest BCUT2D eigenvalue weighted by Gasteiger charge is 2.24. The van der Waals surface area contributed by atoms with Gasteiger partial charge in [-0.1, -0.05) is 13.8 Å². The topological polar surface area (TPSA) is 41.1 Å². The van der Waals surface area contributed by atoms with E-state index in [-0.39, 0.29) is 0 Å². The number of piperidine rings is 1. The van der Waals surface area contributed by atoms with Crippen molar-refractivity contribution < 1.29 is 0 Å². The summed E-state index contributed by atoms with van der Waals surface area (Å²) >= 11 is 0. The summed E-state index contributed by atoms with van der Waals surface area (Å²) < 4.78 is 0. The van der Waals surface area contributed by atoms with E-state index < -0.39 is 0 Å². The first-order chi connectivity index (χ1) is 9.13. The van der Waals surface area contributed by atoms with Crippen LogP contribution >= 0.6 is 0 Å². The number of hydrogen-bond donors (Lipinski definition) is 1. The molecule has 1 aromatic heterocycles. The van der Waals surface area contributed by atoms with Crippen LogP contribution in [0.25, 0.3) is 0 Å². The Bertz CT molecular complexity index is 419. The monoisotopic (exact) mass is 262 g/mol. The third-order valence-electron chi connectivity index (χ3n) is 3.92.